The Bertz CT molecular complexity index is 757. The van der Waals surface area contributed by atoms with Crippen LogP contribution in [0.1, 0.15) is 12.8 Å². The summed E-state index contributed by atoms with van der Waals surface area (Å²) in [7, 11) is 5.38. The van der Waals surface area contributed by atoms with Gasteiger partial charge in [0, 0.05) is 32.9 Å². The summed E-state index contributed by atoms with van der Waals surface area (Å²) in [5, 5.41) is 5.61. The zero-order valence-corrected chi connectivity index (χ0v) is 15.3. The normalized spacial score (nSPS) is 13.4. The zero-order chi connectivity index (χ0) is 18.5. The zero-order valence-electron chi connectivity index (χ0n) is 15.3. The number of urea groups is 1. The summed E-state index contributed by atoms with van der Waals surface area (Å²) in [6.45, 7) is 1.94. The predicted molar refractivity (Wildman–Crippen MR) is 103 cm³/mol. The number of nitrogens with one attached hydrogen (secondary N) is 2. The van der Waals surface area contributed by atoms with Crippen LogP contribution in [-0.4, -0.2) is 50.3 Å². The second-order valence-electron chi connectivity index (χ2n) is 6.30. The number of methoxy groups -OCH3 is 1. The van der Waals surface area contributed by atoms with Gasteiger partial charge in [-0.05, 0) is 37.1 Å². The second-order valence-corrected chi connectivity index (χ2v) is 6.30. The lowest BCUT2D eigenvalue weighted by Gasteiger charge is -2.21. The smallest absolute Gasteiger partial charge is 0.323 e. The molecule has 1 saturated heterocycles. The fourth-order valence-electron chi connectivity index (χ4n) is 2.82. The number of carbonyl (C=O) groups excluding carboxylic acids is 1. The Hall–Kier alpha value is -3.03. The molecule has 2 amide bonds. The minimum Gasteiger partial charge on any atom is -0.497 e. The number of carbonyl (C=O) groups is 1. The van der Waals surface area contributed by atoms with E-state index in [0.29, 0.717) is 23.1 Å². The van der Waals surface area contributed by atoms with Crippen LogP contribution in [0.25, 0.3) is 0 Å². The van der Waals surface area contributed by atoms with E-state index >= 15 is 0 Å². The van der Waals surface area contributed by atoms with Gasteiger partial charge in [0.2, 0.25) is 5.95 Å². The van der Waals surface area contributed by atoms with Crippen molar-refractivity contribution in [2.45, 2.75) is 12.8 Å². The fraction of sp³-hybridized carbons (Fsp3) is 0.389. The topological polar surface area (TPSA) is 82.6 Å². The van der Waals surface area contributed by atoms with E-state index in [2.05, 4.69) is 25.5 Å². The van der Waals surface area contributed by atoms with E-state index < -0.39 is 0 Å². The lowest BCUT2D eigenvalue weighted by molar-refractivity contribution is 0.262. The molecule has 0 saturated carbocycles. The number of hydrogen-bond acceptors (Lipinski definition) is 6. The summed E-state index contributed by atoms with van der Waals surface area (Å²) in [6.07, 6.45) is 3.97. The van der Waals surface area contributed by atoms with Crippen LogP contribution in [0.4, 0.5) is 27.9 Å². The van der Waals surface area contributed by atoms with Gasteiger partial charge in [0.15, 0.2) is 5.82 Å². The van der Waals surface area contributed by atoms with Crippen LogP contribution in [-0.2, 0) is 0 Å². The molecule has 0 atom stereocenters. The largest absolute Gasteiger partial charge is 0.497 e. The molecule has 2 N–H and O–H groups in total. The van der Waals surface area contributed by atoms with Gasteiger partial charge in [0.25, 0.3) is 0 Å². The fourth-order valence-corrected chi connectivity index (χ4v) is 2.82. The Kier molecular flexibility index (Phi) is 5.40. The summed E-state index contributed by atoms with van der Waals surface area (Å²) < 4.78 is 5.11. The minimum absolute atomic E-state index is 0.351. The molecule has 8 nitrogen and oxygen atoms in total. The summed E-state index contributed by atoms with van der Waals surface area (Å²) in [5.74, 6) is 2.11. The highest BCUT2D eigenvalue weighted by Crippen LogP contribution is 2.25. The first kappa shape index (κ1) is 17.8. The Morgan fingerprint density at radius 1 is 1.15 bits per heavy atom. The third-order valence-corrected chi connectivity index (χ3v) is 4.16. The van der Waals surface area contributed by atoms with Crippen molar-refractivity contribution in [1.82, 2.24) is 9.97 Å². The highest BCUT2D eigenvalue weighted by atomic mass is 16.5. The third-order valence-electron chi connectivity index (χ3n) is 4.16. The number of amides is 2. The Labute approximate surface area is 153 Å². The van der Waals surface area contributed by atoms with Crippen molar-refractivity contribution in [3.05, 3.63) is 30.5 Å². The molecule has 8 heteroatoms. The highest BCUT2D eigenvalue weighted by Gasteiger charge is 2.18. The number of anilines is 4. The Balaban J connectivity index is 1.71. The van der Waals surface area contributed by atoms with E-state index in [1.807, 2.05) is 19.0 Å². The number of aromatic nitrogens is 2. The van der Waals surface area contributed by atoms with Crippen LogP contribution in [0.2, 0.25) is 0 Å². The van der Waals surface area contributed by atoms with Crippen molar-refractivity contribution in [2.24, 2.45) is 0 Å². The van der Waals surface area contributed by atoms with Gasteiger partial charge in [-0.1, -0.05) is 0 Å². The predicted octanol–water partition coefficient (Wildman–Crippen LogP) is 2.80. The van der Waals surface area contributed by atoms with Gasteiger partial charge < -0.3 is 25.2 Å². The monoisotopic (exact) mass is 356 g/mol. The van der Waals surface area contributed by atoms with Crippen molar-refractivity contribution in [3.63, 3.8) is 0 Å². The van der Waals surface area contributed by atoms with Gasteiger partial charge in [-0.2, -0.15) is 4.98 Å². The lowest BCUT2D eigenvalue weighted by Crippen LogP contribution is -2.25. The molecule has 0 unspecified atom stereocenters. The van der Waals surface area contributed by atoms with Crippen molar-refractivity contribution in [1.29, 1.82) is 0 Å². The molecule has 1 aromatic heterocycles. The molecule has 0 aliphatic carbocycles. The van der Waals surface area contributed by atoms with Crippen LogP contribution in [0.5, 0.6) is 5.75 Å². The Morgan fingerprint density at radius 2 is 1.85 bits per heavy atom. The average Bonchev–Trinajstić information content (AvgIpc) is 3.17. The molecule has 26 heavy (non-hydrogen) atoms. The SMILES string of the molecule is COc1ccc(NC(=O)Nc2cnc(N3CCCC3)nc2N(C)C)cc1. The molecular weight excluding hydrogens is 332 g/mol. The first-order valence-electron chi connectivity index (χ1n) is 8.58. The average molecular weight is 356 g/mol. The van der Waals surface area contributed by atoms with E-state index in [0.717, 1.165) is 31.7 Å². The Morgan fingerprint density at radius 3 is 2.46 bits per heavy atom. The van der Waals surface area contributed by atoms with E-state index in [1.165, 1.54) is 0 Å². The molecule has 2 aromatic rings. The maximum absolute atomic E-state index is 12.3. The van der Waals surface area contributed by atoms with Crippen molar-refractivity contribution in [2.75, 3.05) is 54.7 Å². The van der Waals surface area contributed by atoms with Crippen LogP contribution < -0.4 is 25.2 Å². The number of ether oxygens (including phenoxy) is 1. The van der Waals surface area contributed by atoms with Crippen LogP contribution in [0.3, 0.4) is 0 Å². The van der Waals surface area contributed by atoms with Crippen LogP contribution in [0, 0.1) is 0 Å². The summed E-state index contributed by atoms with van der Waals surface area (Å²) in [6, 6.07) is 6.77. The molecule has 2 heterocycles. The molecule has 0 radical (unpaired) electrons. The van der Waals surface area contributed by atoms with Crippen LogP contribution >= 0.6 is 0 Å². The van der Waals surface area contributed by atoms with E-state index in [4.69, 9.17) is 4.74 Å². The highest BCUT2D eigenvalue weighted by molar-refractivity contribution is 6.01. The molecule has 3 rings (SSSR count). The van der Waals surface area contributed by atoms with Gasteiger partial charge in [0.1, 0.15) is 11.4 Å². The first-order chi connectivity index (χ1) is 12.6. The van der Waals surface area contributed by atoms with E-state index in [-0.39, 0.29) is 6.03 Å². The molecule has 1 fully saturated rings. The molecule has 1 aromatic carbocycles. The van der Waals surface area contributed by atoms with Crippen molar-refractivity contribution >= 4 is 29.2 Å². The lowest BCUT2D eigenvalue weighted by atomic mass is 10.3. The maximum atomic E-state index is 12.3. The van der Waals surface area contributed by atoms with Gasteiger partial charge in [0.05, 0.1) is 13.3 Å². The standard InChI is InChI=1S/C18H24N6O2/c1-23(2)16-15(12-19-17(22-16)24-10-4-5-11-24)21-18(25)20-13-6-8-14(26-3)9-7-13/h6-9,12H,4-5,10-11H2,1-3H3,(H2,20,21,25). The number of rotatable bonds is 5. The third kappa shape index (κ3) is 4.14. The number of benzene rings is 1. The van der Waals surface area contributed by atoms with E-state index in [9.17, 15) is 4.79 Å². The second kappa shape index (κ2) is 7.90. The first-order valence-corrected chi connectivity index (χ1v) is 8.58. The molecule has 0 bridgehead atoms. The quantitative estimate of drug-likeness (QED) is 0.857. The minimum atomic E-state index is -0.351. The number of hydrogen-bond donors (Lipinski definition) is 2. The van der Waals surface area contributed by atoms with E-state index in [1.54, 1.807) is 37.6 Å². The summed E-state index contributed by atoms with van der Waals surface area (Å²) in [4.78, 5) is 25.4. The van der Waals surface area contributed by atoms with Crippen molar-refractivity contribution in [3.8, 4) is 5.75 Å². The van der Waals surface area contributed by atoms with Gasteiger partial charge in [-0.15, -0.1) is 0 Å². The molecule has 0 spiro atoms. The molecule has 1 aliphatic heterocycles. The molecule has 1 aliphatic rings. The summed E-state index contributed by atoms with van der Waals surface area (Å²) >= 11 is 0. The van der Waals surface area contributed by atoms with Crippen molar-refractivity contribution < 1.29 is 9.53 Å². The van der Waals surface area contributed by atoms with Gasteiger partial charge in [-0.25, -0.2) is 9.78 Å². The molecule has 138 valence electrons. The summed E-state index contributed by atoms with van der Waals surface area (Å²) in [5.41, 5.74) is 1.23. The maximum Gasteiger partial charge on any atom is 0.323 e. The van der Waals surface area contributed by atoms with Gasteiger partial charge >= 0.3 is 6.03 Å². The van der Waals surface area contributed by atoms with Gasteiger partial charge in [-0.3, -0.25) is 0 Å². The molecular formula is C18H24N6O2. The van der Waals surface area contributed by atoms with Crippen LogP contribution in [0.15, 0.2) is 30.5 Å². The number of nitrogens with zero attached hydrogens (tertiary/aromatic N) is 4.